The van der Waals surface area contributed by atoms with E-state index in [1.165, 1.54) is 0 Å². The predicted octanol–water partition coefficient (Wildman–Crippen LogP) is 1.31. The van der Waals surface area contributed by atoms with Gasteiger partial charge < -0.3 is 10.2 Å². The molecule has 2 heteroatoms. The van der Waals surface area contributed by atoms with E-state index < -0.39 is 5.60 Å². The number of unbranched alkanes of at least 4 members (excludes halogenated alkanes) is 2. The van der Waals surface area contributed by atoms with E-state index in [0.717, 1.165) is 19.3 Å². The van der Waals surface area contributed by atoms with Gasteiger partial charge in [0.15, 0.2) is 0 Å². The number of hydrogen-bond donors (Lipinski definition) is 2. The first kappa shape index (κ1) is 9.92. The SMILES string of the molecule is CCCCC[C@](C)(O)CO. The fraction of sp³-hybridized carbons (Fsp3) is 1.00. The quantitative estimate of drug-likeness (QED) is 0.574. The van der Waals surface area contributed by atoms with Crippen LogP contribution in [0.3, 0.4) is 0 Å². The number of hydrogen-bond acceptors (Lipinski definition) is 2. The van der Waals surface area contributed by atoms with Crippen LogP contribution in [-0.4, -0.2) is 22.4 Å². The lowest BCUT2D eigenvalue weighted by molar-refractivity contribution is -0.00686. The van der Waals surface area contributed by atoms with Gasteiger partial charge in [0.25, 0.3) is 0 Å². The first-order chi connectivity index (χ1) is 4.62. The fourth-order valence-corrected chi connectivity index (χ4v) is 0.835. The molecule has 0 spiro atoms. The van der Waals surface area contributed by atoms with Crippen LogP contribution < -0.4 is 0 Å². The Labute approximate surface area is 62.9 Å². The van der Waals surface area contributed by atoms with Crippen LogP contribution in [0.25, 0.3) is 0 Å². The zero-order chi connectivity index (χ0) is 8.04. The molecule has 0 unspecified atom stereocenters. The lowest BCUT2D eigenvalue weighted by Gasteiger charge is -2.19. The average molecular weight is 146 g/mol. The van der Waals surface area contributed by atoms with Crippen molar-refractivity contribution in [2.24, 2.45) is 0 Å². The molecule has 0 radical (unpaired) electrons. The molecule has 0 bridgehead atoms. The molecule has 1 atom stereocenters. The highest BCUT2D eigenvalue weighted by Gasteiger charge is 2.17. The van der Waals surface area contributed by atoms with Crippen LogP contribution in [-0.2, 0) is 0 Å². The average Bonchev–Trinajstić information content (AvgIpc) is 1.89. The van der Waals surface area contributed by atoms with Gasteiger partial charge in [-0.1, -0.05) is 26.2 Å². The summed E-state index contributed by atoms with van der Waals surface area (Å²) in [4.78, 5) is 0. The van der Waals surface area contributed by atoms with Crippen LogP contribution >= 0.6 is 0 Å². The second-order valence-electron chi connectivity index (χ2n) is 3.11. The summed E-state index contributed by atoms with van der Waals surface area (Å²) in [5.74, 6) is 0. The highest BCUT2D eigenvalue weighted by atomic mass is 16.3. The van der Waals surface area contributed by atoms with E-state index in [1.807, 2.05) is 0 Å². The van der Waals surface area contributed by atoms with Crippen molar-refractivity contribution in [1.82, 2.24) is 0 Å². The first-order valence-electron chi connectivity index (χ1n) is 3.95. The molecular weight excluding hydrogens is 128 g/mol. The Bertz CT molecular complexity index is 79.3. The minimum absolute atomic E-state index is 0.128. The van der Waals surface area contributed by atoms with Gasteiger partial charge in [0.1, 0.15) is 0 Å². The van der Waals surface area contributed by atoms with Crippen molar-refractivity contribution < 1.29 is 10.2 Å². The molecule has 0 saturated heterocycles. The van der Waals surface area contributed by atoms with Crippen LogP contribution in [0.15, 0.2) is 0 Å². The summed E-state index contributed by atoms with van der Waals surface area (Å²) in [6, 6.07) is 0. The van der Waals surface area contributed by atoms with Crippen LogP contribution in [0.5, 0.6) is 0 Å². The van der Waals surface area contributed by atoms with Gasteiger partial charge in [-0.2, -0.15) is 0 Å². The summed E-state index contributed by atoms with van der Waals surface area (Å²) in [5, 5.41) is 17.9. The third-order valence-corrected chi connectivity index (χ3v) is 1.66. The van der Waals surface area contributed by atoms with Gasteiger partial charge in [0.05, 0.1) is 12.2 Å². The molecule has 2 N–H and O–H groups in total. The molecule has 0 amide bonds. The van der Waals surface area contributed by atoms with Crippen molar-refractivity contribution in [3.8, 4) is 0 Å². The van der Waals surface area contributed by atoms with Crippen molar-refractivity contribution in [3.63, 3.8) is 0 Å². The van der Waals surface area contributed by atoms with Gasteiger partial charge in [-0.05, 0) is 13.3 Å². The number of aliphatic hydroxyl groups is 2. The predicted molar refractivity (Wildman–Crippen MR) is 41.9 cm³/mol. The zero-order valence-corrected chi connectivity index (χ0v) is 6.93. The Morgan fingerprint density at radius 2 is 1.90 bits per heavy atom. The van der Waals surface area contributed by atoms with Gasteiger partial charge in [-0.25, -0.2) is 0 Å². The normalized spacial score (nSPS) is 16.8. The highest BCUT2D eigenvalue weighted by molar-refractivity contribution is 4.69. The Balaban J connectivity index is 3.28. The summed E-state index contributed by atoms with van der Waals surface area (Å²) >= 11 is 0. The minimum atomic E-state index is -0.852. The Hall–Kier alpha value is -0.0800. The standard InChI is InChI=1S/C8H18O2/c1-3-4-5-6-8(2,10)7-9/h9-10H,3-7H2,1-2H3/t8-/m0/s1. The summed E-state index contributed by atoms with van der Waals surface area (Å²) in [5.41, 5.74) is -0.852. The van der Waals surface area contributed by atoms with Gasteiger partial charge in [-0.15, -0.1) is 0 Å². The smallest absolute Gasteiger partial charge is 0.0849 e. The molecule has 0 saturated carbocycles. The van der Waals surface area contributed by atoms with Crippen molar-refractivity contribution in [2.45, 2.75) is 45.1 Å². The van der Waals surface area contributed by atoms with E-state index in [9.17, 15) is 5.11 Å². The third-order valence-electron chi connectivity index (χ3n) is 1.66. The topological polar surface area (TPSA) is 40.5 Å². The molecule has 0 heterocycles. The molecule has 0 aliphatic carbocycles. The Morgan fingerprint density at radius 1 is 1.30 bits per heavy atom. The minimum Gasteiger partial charge on any atom is -0.393 e. The second kappa shape index (κ2) is 4.69. The van der Waals surface area contributed by atoms with Crippen molar-refractivity contribution in [2.75, 3.05) is 6.61 Å². The molecule has 0 aliphatic heterocycles. The molecule has 0 aromatic rings. The first-order valence-corrected chi connectivity index (χ1v) is 3.95. The van der Waals surface area contributed by atoms with Gasteiger partial charge in [0.2, 0.25) is 0 Å². The zero-order valence-electron chi connectivity index (χ0n) is 6.93. The van der Waals surface area contributed by atoms with E-state index in [0.29, 0.717) is 6.42 Å². The molecular formula is C8H18O2. The molecule has 10 heavy (non-hydrogen) atoms. The van der Waals surface area contributed by atoms with Crippen LogP contribution in [0.1, 0.15) is 39.5 Å². The maximum absolute atomic E-state index is 9.30. The van der Waals surface area contributed by atoms with Crippen LogP contribution in [0, 0.1) is 0 Å². The van der Waals surface area contributed by atoms with Gasteiger partial charge in [-0.3, -0.25) is 0 Å². The molecule has 0 fully saturated rings. The molecule has 0 aromatic heterocycles. The second-order valence-corrected chi connectivity index (χ2v) is 3.11. The maximum atomic E-state index is 9.30. The Kier molecular flexibility index (Phi) is 4.65. The summed E-state index contributed by atoms with van der Waals surface area (Å²) in [7, 11) is 0. The van der Waals surface area contributed by atoms with E-state index in [-0.39, 0.29) is 6.61 Å². The fourth-order valence-electron chi connectivity index (χ4n) is 0.835. The van der Waals surface area contributed by atoms with Crippen molar-refractivity contribution >= 4 is 0 Å². The molecule has 62 valence electrons. The van der Waals surface area contributed by atoms with E-state index in [4.69, 9.17) is 5.11 Å². The monoisotopic (exact) mass is 146 g/mol. The van der Waals surface area contributed by atoms with Crippen LogP contribution in [0.4, 0.5) is 0 Å². The van der Waals surface area contributed by atoms with Gasteiger partial charge >= 0.3 is 0 Å². The summed E-state index contributed by atoms with van der Waals surface area (Å²) < 4.78 is 0. The van der Waals surface area contributed by atoms with E-state index >= 15 is 0 Å². The van der Waals surface area contributed by atoms with Crippen molar-refractivity contribution in [1.29, 1.82) is 0 Å². The van der Waals surface area contributed by atoms with Crippen LogP contribution in [0.2, 0.25) is 0 Å². The molecule has 0 aromatic carbocycles. The van der Waals surface area contributed by atoms with Crippen molar-refractivity contribution in [3.05, 3.63) is 0 Å². The molecule has 0 aliphatic rings. The lowest BCUT2D eigenvalue weighted by atomic mass is 10.00. The number of rotatable bonds is 5. The van der Waals surface area contributed by atoms with Gasteiger partial charge in [0, 0.05) is 0 Å². The molecule has 0 rings (SSSR count). The van der Waals surface area contributed by atoms with E-state index in [1.54, 1.807) is 6.92 Å². The largest absolute Gasteiger partial charge is 0.393 e. The highest BCUT2D eigenvalue weighted by Crippen LogP contribution is 2.12. The summed E-state index contributed by atoms with van der Waals surface area (Å²) in [6.45, 7) is 3.66. The Morgan fingerprint density at radius 3 is 2.30 bits per heavy atom. The lowest BCUT2D eigenvalue weighted by Crippen LogP contribution is -2.28. The molecule has 2 nitrogen and oxygen atoms in total. The maximum Gasteiger partial charge on any atom is 0.0849 e. The third kappa shape index (κ3) is 4.77. The van der Waals surface area contributed by atoms with E-state index in [2.05, 4.69) is 6.92 Å². The number of aliphatic hydroxyl groups excluding tert-OH is 1. The summed E-state index contributed by atoms with van der Waals surface area (Å²) in [6.07, 6.45) is 4.00.